The summed E-state index contributed by atoms with van der Waals surface area (Å²) in [6.45, 7) is 1.83. The molecule has 2 aromatic rings. The molecule has 0 amide bonds. The van der Waals surface area contributed by atoms with E-state index in [1.165, 1.54) is 6.07 Å². The highest BCUT2D eigenvalue weighted by Gasteiger charge is 2.13. The second-order valence-corrected chi connectivity index (χ2v) is 4.45. The second kappa shape index (κ2) is 5.18. The number of hydrogen-bond donors (Lipinski definition) is 1. The molecule has 1 aromatic heterocycles. The van der Waals surface area contributed by atoms with Crippen LogP contribution in [0.3, 0.4) is 0 Å². The van der Waals surface area contributed by atoms with Gasteiger partial charge in [0.15, 0.2) is 0 Å². The lowest BCUT2D eigenvalue weighted by Crippen LogP contribution is -2.04. The molecule has 0 atom stereocenters. The van der Waals surface area contributed by atoms with Crippen molar-refractivity contribution in [3.63, 3.8) is 0 Å². The number of nitrogens with zero attached hydrogens (tertiary/aromatic N) is 2. The fourth-order valence-corrected chi connectivity index (χ4v) is 1.66. The minimum Gasteiger partial charge on any atom is -0.486 e. The highest BCUT2D eigenvalue weighted by Crippen LogP contribution is 2.24. The first-order valence-corrected chi connectivity index (χ1v) is 5.81. The Labute approximate surface area is 111 Å². The van der Waals surface area contributed by atoms with E-state index in [0.717, 1.165) is 4.47 Å². The summed E-state index contributed by atoms with van der Waals surface area (Å²) in [5.74, 6) is -0.785. The van der Waals surface area contributed by atoms with Gasteiger partial charge in [-0.25, -0.2) is 9.42 Å². The van der Waals surface area contributed by atoms with Crippen molar-refractivity contribution in [2.24, 2.45) is 0 Å². The van der Waals surface area contributed by atoms with Crippen LogP contribution in [0.4, 0.5) is 0 Å². The lowest BCUT2D eigenvalue weighted by Gasteiger charge is -2.08. The van der Waals surface area contributed by atoms with Crippen molar-refractivity contribution in [1.82, 2.24) is 10.3 Å². The quantitative estimate of drug-likeness (QED) is 0.933. The average molecular weight is 313 g/mol. The summed E-state index contributed by atoms with van der Waals surface area (Å²) in [7, 11) is 0. The molecule has 0 spiro atoms. The molecule has 94 valence electrons. The third-order valence-electron chi connectivity index (χ3n) is 2.28. The molecule has 1 aromatic carbocycles. The molecule has 1 heterocycles. The van der Waals surface area contributed by atoms with Gasteiger partial charge in [-0.2, -0.15) is 0 Å². The maximum absolute atomic E-state index is 11.0. The number of halogens is 1. The Hall–Kier alpha value is -1.89. The Morgan fingerprint density at radius 3 is 2.89 bits per heavy atom. The largest absolute Gasteiger partial charge is 0.486 e. The molecule has 2 rings (SSSR count). The van der Waals surface area contributed by atoms with E-state index in [4.69, 9.17) is 9.84 Å². The molecule has 1 N–H and O–H groups in total. The number of rotatable bonds is 4. The first-order valence-electron chi connectivity index (χ1n) is 5.01. The first kappa shape index (κ1) is 12.6. The molecular formula is C11H9BrN2O4. The van der Waals surface area contributed by atoms with Gasteiger partial charge >= 0.3 is 5.97 Å². The molecule has 0 unspecified atom stereocenters. The SMILES string of the molecule is Cc1nonc1COc1cc(Br)ccc1C(=O)O. The van der Waals surface area contributed by atoms with Crippen molar-refractivity contribution < 1.29 is 19.3 Å². The third-order valence-corrected chi connectivity index (χ3v) is 2.78. The summed E-state index contributed by atoms with van der Waals surface area (Å²) in [5.41, 5.74) is 1.24. The number of hydrogen-bond acceptors (Lipinski definition) is 5. The van der Waals surface area contributed by atoms with Gasteiger partial charge < -0.3 is 9.84 Å². The van der Waals surface area contributed by atoms with Gasteiger partial charge in [0.1, 0.15) is 29.3 Å². The van der Waals surface area contributed by atoms with Crippen molar-refractivity contribution in [3.8, 4) is 5.75 Å². The van der Waals surface area contributed by atoms with Gasteiger partial charge in [0.05, 0.1) is 0 Å². The van der Waals surface area contributed by atoms with Crippen molar-refractivity contribution in [3.05, 3.63) is 39.6 Å². The molecule has 18 heavy (non-hydrogen) atoms. The number of aromatic nitrogens is 2. The molecule has 0 aliphatic heterocycles. The average Bonchev–Trinajstić information content (AvgIpc) is 2.72. The first-order chi connectivity index (χ1) is 8.58. The summed E-state index contributed by atoms with van der Waals surface area (Å²) >= 11 is 3.26. The Balaban J connectivity index is 2.20. The van der Waals surface area contributed by atoms with Crippen LogP contribution in [0.2, 0.25) is 0 Å². The van der Waals surface area contributed by atoms with Crippen LogP contribution in [-0.2, 0) is 6.61 Å². The zero-order valence-electron chi connectivity index (χ0n) is 9.38. The molecule has 6 nitrogen and oxygen atoms in total. The molecular weight excluding hydrogens is 304 g/mol. The molecule has 7 heteroatoms. The zero-order chi connectivity index (χ0) is 13.1. The number of aromatic carboxylic acids is 1. The molecule has 0 aliphatic rings. The Kier molecular flexibility index (Phi) is 3.61. The number of aryl methyl sites for hydroxylation is 1. The van der Waals surface area contributed by atoms with Crippen LogP contribution in [0.15, 0.2) is 27.3 Å². The van der Waals surface area contributed by atoms with Gasteiger partial charge in [0, 0.05) is 4.47 Å². The van der Waals surface area contributed by atoms with Gasteiger partial charge in [-0.15, -0.1) is 0 Å². The lowest BCUT2D eigenvalue weighted by atomic mass is 10.2. The van der Waals surface area contributed by atoms with E-state index < -0.39 is 5.97 Å². The standard InChI is InChI=1S/C11H9BrN2O4/c1-6-9(14-18-13-6)5-17-10-4-7(12)2-3-8(10)11(15)16/h2-4H,5H2,1H3,(H,15,16). The highest BCUT2D eigenvalue weighted by atomic mass is 79.9. The van der Waals surface area contributed by atoms with Gasteiger partial charge in [-0.1, -0.05) is 26.2 Å². The van der Waals surface area contributed by atoms with E-state index in [0.29, 0.717) is 11.4 Å². The Morgan fingerprint density at radius 2 is 2.28 bits per heavy atom. The predicted molar refractivity (Wildman–Crippen MR) is 64.5 cm³/mol. The van der Waals surface area contributed by atoms with Crippen molar-refractivity contribution in [2.45, 2.75) is 13.5 Å². The van der Waals surface area contributed by atoms with Crippen LogP contribution in [0.5, 0.6) is 5.75 Å². The summed E-state index contributed by atoms with van der Waals surface area (Å²) in [5, 5.41) is 16.3. The van der Waals surface area contributed by atoms with Crippen LogP contribution in [0, 0.1) is 6.92 Å². The van der Waals surface area contributed by atoms with Crippen molar-refractivity contribution in [1.29, 1.82) is 0 Å². The second-order valence-electron chi connectivity index (χ2n) is 3.53. The number of carbonyl (C=O) groups is 1. The summed E-state index contributed by atoms with van der Waals surface area (Å²) < 4.78 is 10.7. The fraction of sp³-hybridized carbons (Fsp3) is 0.182. The number of benzene rings is 1. The third kappa shape index (κ3) is 2.67. The van der Waals surface area contributed by atoms with Gasteiger partial charge in [0.2, 0.25) is 0 Å². The number of carboxylic acids is 1. The number of carboxylic acid groups (broad SMARTS) is 1. The Morgan fingerprint density at radius 1 is 1.50 bits per heavy atom. The minimum atomic E-state index is -1.05. The molecule has 0 saturated heterocycles. The monoisotopic (exact) mass is 312 g/mol. The summed E-state index contributed by atoms with van der Waals surface area (Å²) in [4.78, 5) is 11.0. The fourth-order valence-electron chi connectivity index (χ4n) is 1.32. The van der Waals surface area contributed by atoms with E-state index in [9.17, 15) is 4.79 Å². The smallest absolute Gasteiger partial charge is 0.339 e. The Bertz CT molecular complexity index is 582. The van der Waals surface area contributed by atoms with Crippen molar-refractivity contribution in [2.75, 3.05) is 0 Å². The van der Waals surface area contributed by atoms with E-state index in [1.54, 1.807) is 19.1 Å². The molecule has 0 aliphatic carbocycles. The van der Waals surface area contributed by atoms with E-state index >= 15 is 0 Å². The van der Waals surface area contributed by atoms with Crippen LogP contribution in [0.25, 0.3) is 0 Å². The van der Waals surface area contributed by atoms with E-state index in [-0.39, 0.29) is 17.9 Å². The lowest BCUT2D eigenvalue weighted by molar-refractivity contribution is 0.0691. The van der Waals surface area contributed by atoms with E-state index in [2.05, 4.69) is 30.9 Å². The van der Waals surface area contributed by atoms with Crippen LogP contribution >= 0.6 is 15.9 Å². The molecule has 0 fully saturated rings. The van der Waals surface area contributed by atoms with Gasteiger partial charge in [0.25, 0.3) is 0 Å². The van der Waals surface area contributed by atoms with Gasteiger partial charge in [-0.3, -0.25) is 0 Å². The molecule has 0 saturated carbocycles. The summed E-state index contributed by atoms with van der Waals surface area (Å²) in [6.07, 6.45) is 0. The van der Waals surface area contributed by atoms with E-state index in [1.807, 2.05) is 0 Å². The van der Waals surface area contributed by atoms with Gasteiger partial charge in [-0.05, 0) is 25.1 Å². The van der Waals surface area contributed by atoms with Crippen molar-refractivity contribution >= 4 is 21.9 Å². The predicted octanol–water partition coefficient (Wildman–Crippen LogP) is 2.42. The zero-order valence-corrected chi connectivity index (χ0v) is 11.0. The normalized spacial score (nSPS) is 10.3. The highest BCUT2D eigenvalue weighted by molar-refractivity contribution is 9.10. The maximum Gasteiger partial charge on any atom is 0.339 e. The van der Waals surface area contributed by atoms with Crippen LogP contribution in [0.1, 0.15) is 21.7 Å². The number of ether oxygens (including phenoxy) is 1. The molecule has 0 bridgehead atoms. The molecule has 0 radical (unpaired) electrons. The van der Waals surface area contributed by atoms with Crippen LogP contribution < -0.4 is 4.74 Å². The maximum atomic E-state index is 11.0. The minimum absolute atomic E-state index is 0.0901. The topological polar surface area (TPSA) is 85.5 Å². The van der Waals surface area contributed by atoms with Crippen LogP contribution in [-0.4, -0.2) is 21.4 Å². The summed E-state index contributed by atoms with van der Waals surface area (Å²) in [6, 6.07) is 4.70.